The molecular weight excluding hydrogens is 262 g/mol. The first-order valence-electron chi connectivity index (χ1n) is 7.67. The lowest BCUT2D eigenvalue weighted by molar-refractivity contribution is 0.0686. The molecule has 112 valence electrons. The minimum Gasteiger partial charge on any atom is -0.339 e. The van der Waals surface area contributed by atoms with Gasteiger partial charge in [0.1, 0.15) is 0 Å². The fourth-order valence-corrected chi connectivity index (χ4v) is 2.79. The molecule has 4 nitrogen and oxygen atoms in total. The van der Waals surface area contributed by atoms with Gasteiger partial charge in [0, 0.05) is 31.0 Å². The van der Waals surface area contributed by atoms with Gasteiger partial charge < -0.3 is 10.6 Å². The van der Waals surface area contributed by atoms with E-state index in [0.717, 1.165) is 37.4 Å². The summed E-state index contributed by atoms with van der Waals surface area (Å²) in [5, 5.41) is 0. The molecule has 0 bridgehead atoms. The van der Waals surface area contributed by atoms with Crippen LogP contribution in [-0.4, -0.2) is 35.4 Å². The highest BCUT2D eigenvalue weighted by atomic mass is 16.2. The second-order valence-corrected chi connectivity index (χ2v) is 5.49. The second kappa shape index (κ2) is 7.80. The molecule has 21 heavy (non-hydrogen) atoms. The highest BCUT2D eigenvalue weighted by Crippen LogP contribution is 2.22. The number of carbonyl (C=O) groups is 1. The van der Waals surface area contributed by atoms with E-state index in [0.29, 0.717) is 12.1 Å². The first-order chi connectivity index (χ1) is 10.2. The van der Waals surface area contributed by atoms with Crippen LogP contribution in [0.2, 0.25) is 0 Å². The number of aromatic nitrogens is 1. The van der Waals surface area contributed by atoms with Gasteiger partial charge in [0.2, 0.25) is 0 Å². The molecule has 2 rings (SSSR count). The molecule has 1 aromatic heterocycles. The summed E-state index contributed by atoms with van der Waals surface area (Å²) < 4.78 is 0. The Balaban J connectivity index is 2.00. The van der Waals surface area contributed by atoms with E-state index >= 15 is 0 Å². The number of carbonyl (C=O) groups excluding carboxylic acids is 1. The molecule has 2 heterocycles. The first kappa shape index (κ1) is 15.5. The molecule has 1 fully saturated rings. The molecule has 0 radical (unpaired) electrons. The number of hydrogen-bond acceptors (Lipinski definition) is 3. The molecule has 0 aromatic carbocycles. The maximum Gasteiger partial charge on any atom is 0.255 e. The van der Waals surface area contributed by atoms with E-state index in [1.165, 1.54) is 12.8 Å². The van der Waals surface area contributed by atoms with Crippen molar-refractivity contribution in [3.05, 3.63) is 29.6 Å². The summed E-state index contributed by atoms with van der Waals surface area (Å²) in [6.45, 7) is 4.23. The first-order valence-corrected chi connectivity index (χ1v) is 7.67. The Morgan fingerprint density at radius 1 is 1.43 bits per heavy atom. The molecule has 1 aliphatic heterocycles. The summed E-state index contributed by atoms with van der Waals surface area (Å²) >= 11 is 0. The van der Waals surface area contributed by atoms with Crippen LogP contribution in [-0.2, 0) is 0 Å². The summed E-state index contributed by atoms with van der Waals surface area (Å²) in [6, 6.07) is 1.80. The third-order valence-corrected chi connectivity index (χ3v) is 3.92. The van der Waals surface area contributed by atoms with Crippen molar-refractivity contribution in [2.24, 2.45) is 11.7 Å². The third kappa shape index (κ3) is 4.30. The van der Waals surface area contributed by atoms with Gasteiger partial charge in [-0.05, 0) is 24.8 Å². The molecule has 0 aliphatic carbocycles. The molecule has 0 saturated carbocycles. The van der Waals surface area contributed by atoms with Crippen molar-refractivity contribution in [2.45, 2.75) is 32.6 Å². The number of likely N-dealkylation sites (tertiary alicyclic amines) is 1. The van der Waals surface area contributed by atoms with Crippen molar-refractivity contribution in [3.8, 4) is 11.8 Å². The van der Waals surface area contributed by atoms with E-state index in [4.69, 9.17) is 5.73 Å². The van der Waals surface area contributed by atoms with Crippen molar-refractivity contribution >= 4 is 5.91 Å². The molecule has 2 N–H and O–H groups in total. The molecule has 1 aliphatic rings. The smallest absolute Gasteiger partial charge is 0.255 e. The minimum atomic E-state index is 0.0637. The lowest BCUT2D eigenvalue weighted by atomic mass is 9.92. The van der Waals surface area contributed by atoms with Crippen LogP contribution in [0.1, 0.15) is 48.5 Å². The van der Waals surface area contributed by atoms with Crippen molar-refractivity contribution in [2.75, 3.05) is 19.6 Å². The normalized spacial score (nSPS) is 15.4. The van der Waals surface area contributed by atoms with Crippen LogP contribution < -0.4 is 5.73 Å². The van der Waals surface area contributed by atoms with Gasteiger partial charge in [-0.3, -0.25) is 9.78 Å². The van der Waals surface area contributed by atoms with Gasteiger partial charge in [-0.25, -0.2) is 0 Å². The standard InChI is InChI=1S/C17H23N3O/c1-2-4-14-6-9-20(10-7-14)17(21)16-11-15(5-3-8-18)12-19-13-16/h11-14H,2,4,6-10,18H2,1H3. The third-order valence-electron chi connectivity index (χ3n) is 3.92. The highest BCUT2D eigenvalue weighted by Gasteiger charge is 2.23. The Morgan fingerprint density at radius 2 is 2.19 bits per heavy atom. The Kier molecular flexibility index (Phi) is 5.77. The minimum absolute atomic E-state index is 0.0637. The SMILES string of the molecule is CCCC1CCN(C(=O)c2cncc(C#CCN)c2)CC1. The van der Waals surface area contributed by atoms with Crippen molar-refractivity contribution in [1.29, 1.82) is 0 Å². The predicted molar refractivity (Wildman–Crippen MR) is 83.7 cm³/mol. The number of piperidine rings is 1. The summed E-state index contributed by atoms with van der Waals surface area (Å²) in [6.07, 6.45) is 8.00. The maximum atomic E-state index is 12.5. The number of amides is 1. The predicted octanol–water partition coefficient (Wildman–Crippen LogP) is 2.04. The zero-order valence-corrected chi connectivity index (χ0v) is 12.6. The second-order valence-electron chi connectivity index (χ2n) is 5.49. The maximum absolute atomic E-state index is 12.5. The summed E-state index contributed by atoms with van der Waals surface area (Å²) in [7, 11) is 0. The largest absolute Gasteiger partial charge is 0.339 e. The van der Waals surface area contributed by atoms with Gasteiger partial charge in [-0.1, -0.05) is 31.6 Å². The number of nitrogens with zero attached hydrogens (tertiary/aromatic N) is 2. The molecule has 0 unspecified atom stereocenters. The molecule has 1 aromatic rings. The lowest BCUT2D eigenvalue weighted by Gasteiger charge is -2.32. The van der Waals surface area contributed by atoms with Crippen LogP contribution >= 0.6 is 0 Å². The van der Waals surface area contributed by atoms with E-state index in [9.17, 15) is 4.79 Å². The Morgan fingerprint density at radius 3 is 2.86 bits per heavy atom. The fraction of sp³-hybridized carbons (Fsp3) is 0.529. The van der Waals surface area contributed by atoms with Crippen molar-refractivity contribution in [3.63, 3.8) is 0 Å². The van der Waals surface area contributed by atoms with E-state index < -0.39 is 0 Å². The van der Waals surface area contributed by atoms with Gasteiger partial charge in [0.15, 0.2) is 0 Å². The zero-order valence-electron chi connectivity index (χ0n) is 12.6. The molecular formula is C17H23N3O. The molecule has 4 heteroatoms. The van der Waals surface area contributed by atoms with Gasteiger partial charge >= 0.3 is 0 Å². The fourth-order valence-electron chi connectivity index (χ4n) is 2.79. The quantitative estimate of drug-likeness (QED) is 0.865. The van der Waals surface area contributed by atoms with Crippen LogP contribution in [0.3, 0.4) is 0 Å². The molecule has 1 amide bonds. The van der Waals surface area contributed by atoms with Gasteiger partial charge in [-0.15, -0.1) is 0 Å². The van der Waals surface area contributed by atoms with E-state index in [1.54, 1.807) is 18.5 Å². The Hall–Kier alpha value is -1.86. The average molecular weight is 285 g/mol. The number of pyridine rings is 1. The van der Waals surface area contributed by atoms with Gasteiger partial charge in [0.25, 0.3) is 5.91 Å². The van der Waals surface area contributed by atoms with E-state index in [1.807, 2.05) is 4.90 Å². The van der Waals surface area contributed by atoms with Gasteiger partial charge in [-0.2, -0.15) is 0 Å². The van der Waals surface area contributed by atoms with Crippen LogP contribution in [0.15, 0.2) is 18.5 Å². The Labute approximate surface area is 126 Å². The molecule has 1 saturated heterocycles. The van der Waals surface area contributed by atoms with E-state index in [-0.39, 0.29) is 5.91 Å². The number of nitrogens with two attached hydrogens (primary N) is 1. The highest BCUT2D eigenvalue weighted by molar-refractivity contribution is 5.94. The summed E-state index contributed by atoms with van der Waals surface area (Å²) in [5.41, 5.74) is 6.72. The van der Waals surface area contributed by atoms with Gasteiger partial charge in [0.05, 0.1) is 12.1 Å². The monoisotopic (exact) mass is 285 g/mol. The van der Waals surface area contributed by atoms with Crippen molar-refractivity contribution < 1.29 is 4.79 Å². The van der Waals surface area contributed by atoms with Crippen LogP contribution in [0.5, 0.6) is 0 Å². The average Bonchev–Trinajstić information content (AvgIpc) is 2.53. The lowest BCUT2D eigenvalue weighted by Crippen LogP contribution is -2.38. The van der Waals surface area contributed by atoms with Crippen LogP contribution in [0.25, 0.3) is 0 Å². The molecule has 0 atom stereocenters. The summed E-state index contributed by atoms with van der Waals surface area (Å²) in [4.78, 5) is 18.5. The number of hydrogen-bond donors (Lipinski definition) is 1. The molecule has 0 spiro atoms. The van der Waals surface area contributed by atoms with E-state index in [2.05, 4.69) is 23.7 Å². The van der Waals surface area contributed by atoms with Crippen LogP contribution in [0.4, 0.5) is 0 Å². The topological polar surface area (TPSA) is 59.2 Å². The van der Waals surface area contributed by atoms with Crippen LogP contribution in [0, 0.1) is 17.8 Å². The van der Waals surface area contributed by atoms with Crippen molar-refractivity contribution in [1.82, 2.24) is 9.88 Å². The Bertz CT molecular complexity index is 536. The summed E-state index contributed by atoms with van der Waals surface area (Å²) in [5.74, 6) is 6.54. The number of rotatable bonds is 3. The zero-order chi connectivity index (χ0) is 15.1.